The number of hydrogen-bond donors (Lipinski definition) is 0. The highest BCUT2D eigenvalue weighted by Gasteiger charge is 2.05. The van der Waals surface area contributed by atoms with Crippen LogP contribution in [0.2, 0.25) is 0 Å². The molecule has 3 heteroatoms. The van der Waals surface area contributed by atoms with Gasteiger partial charge in [0.05, 0.1) is 6.54 Å². The van der Waals surface area contributed by atoms with E-state index in [1.54, 1.807) is 22.9 Å². The summed E-state index contributed by atoms with van der Waals surface area (Å²) in [6.45, 7) is 7.42. The molecule has 0 saturated heterocycles. The van der Waals surface area contributed by atoms with Crippen molar-refractivity contribution < 1.29 is 4.74 Å². The number of nitrogens with zero attached hydrogens (tertiary/aromatic N) is 1. The molecule has 0 radical (unpaired) electrons. The van der Waals surface area contributed by atoms with Crippen LogP contribution in [0.5, 0.6) is 5.75 Å². The minimum atomic E-state index is 0.00348. The van der Waals surface area contributed by atoms with Crippen LogP contribution in [-0.2, 0) is 6.54 Å². The Labute approximate surface area is 119 Å². The second-order valence-electron chi connectivity index (χ2n) is 5.26. The molecule has 0 saturated carbocycles. The van der Waals surface area contributed by atoms with E-state index < -0.39 is 0 Å². The molecule has 0 aliphatic heterocycles. The topological polar surface area (TPSA) is 31.2 Å². The van der Waals surface area contributed by atoms with Crippen LogP contribution < -0.4 is 10.3 Å². The summed E-state index contributed by atoms with van der Waals surface area (Å²) in [5.41, 5.74) is 2.39. The SMILES string of the molecule is Cc1ccc(C(C)C)cc1OCCn1ccccc1=O. The van der Waals surface area contributed by atoms with Crippen molar-refractivity contribution in [3.63, 3.8) is 0 Å². The number of hydrogen-bond acceptors (Lipinski definition) is 2. The molecule has 0 spiro atoms. The minimum Gasteiger partial charge on any atom is -0.491 e. The van der Waals surface area contributed by atoms with Gasteiger partial charge in [-0.1, -0.05) is 32.0 Å². The van der Waals surface area contributed by atoms with Crippen molar-refractivity contribution in [3.8, 4) is 5.75 Å². The maximum atomic E-state index is 11.6. The molecule has 0 amide bonds. The van der Waals surface area contributed by atoms with E-state index in [0.29, 0.717) is 19.1 Å². The molecule has 0 N–H and O–H groups in total. The third-order valence-electron chi connectivity index (χ3n) is 3.37. The van der Waals surface area contributed by atoms with Gasteiger partial charge in [0.1, 0.15) is 12.4 Å². The summed E-state index contributed by atoms with van der Waals surface area (Å²) < 4.78 is 7.48. The first-order chi connectivity index (χ1) is 9.58. The average molecular weight is 271 g/mol. The van der Waals surface area contributed by atoms with Gasteiger partial charge in [0.15, 0.2) is 0 Å². The lowest BCUT2D eigenvalue weighted by Gasteiger charge is -2.13. The predicted molar refractivity (Wildman–Crippen MR) is 81.5 cm³/mol. The monoisotopic (exact) mass is 271 g/mol. The lowest BCUT2D eigenvalue weighted by molar-refractivity contribution is 0.294. The molecular weight excluding hydrogens is 250 g/mol. The van der Waals surface area contributed by atoms with Crippen LogP contribution in [0.1, 0.15) is 30.9 Å². The number of rotatable bonds is 5. The number of aryl methyl sites for hydroxylation is 1. The van der Waals surface area contributed by atoms with E-state index in [2.05, 4.69) is 32.0 Å². The maximum absolute atomic E-state index is 11.6. The van der Waals surface area contributed by atoms with Gasteiger partial charge in [-0.2, -0.15) is 0 Å². The molecule has 1 heterocycles. The standard InChI is InChI=1S/C17H21NO2/c1-13(2)15-8-7-14(3)16(12-15)20-11-10-18-9-5-4-6-17(18)19/h4-9,12-13H,10-11H2,1-3H3. The van der Waals surface area contributed by atoms with Crippen molar-refractivity contribution in [2.45, 2.75) is 33.2 Å². The lowest BCUT2D eigenvalue weighted by Crippen LogP contribution is -2.21. The van der Waals surface area contributed by atoms with Crippen LogP contribution in [-0.4, -0.2) is 11.2 Å². The first-order valence-electron chi connectivity index (χ1n) is 6.97. The fraction of sp³-hybridized carbons (Fsp3) is 0.353. The van der Waals surface area contributed by atoms with Crippen LogP contribution in [0.15, 0.2) is 47.4 Å². The normalized spacial score (nSPS) is 10.8. The maximum Gasteiger partial charge on any atom is 0.250 e. The zero-order valence-corrected chi connectivity index (χ0v) is 12.3. The second kappa shape index (κ2) is 6.42. The molecule has 0 unspecified atom stereocenters. The Morgan fingerprint density at radius 2 is 2.00 bits per heavy atom. The van der Waals surface area contributed by atoms with Gasteiger partial charge in [0.2, 0.25) is 0 Å². The molecule has 0 aliphatic carbocycles. The summed E-state index contributed by atoms with van der Waals surface area (Å²) in [7, 11) is 0. The van der Waals surface area contributed by atoms with Crippen molar-refractivity contribution in [2.24, 2.45) is 0 Å². The number of benzene rings is 1. The first kappa shape index (κ1) is 14.4. The molecule has 2 rings (SSSR count). The van der Waals surface area contributed by atoms with E-state index in [1.165, 1.54) is 5.56 Å². The van der Waals surface area contributed by atoms with Crippen molar-refractivity contribution in [2.75, 3.05) is 6.61 Å². The van der Waals surface area contributed by atoms with Crippen LogP contribution in [0.25, 0.3) is 0 Å². The van der Waals surface area contributed by atoms with Crippen molar-refractivity contribution in [3.05, 3.63) is 64.1 Å². The molecule has 2 aromatic rings. The third kappa shape index (κ3) is 3.50. The quantitative estimate of drug-likeness (QED) is 0.835. The Bertz CT molecular complexity index is 629. The van der Waals surface area contributed by atoms with E-state index in [0.717, 1.165) is 11.3 Å². The van der Waals surface area contributed by atoms with Gasteiger partial charge in [0.25, 0.3) is 5.56 Å². The number of ether oxygens (including phenoxy) is 1. The summed E-state index contributed by atoms with van der Waals surface area (Å²) in [5.74, 6) is 1.38. The Hall–Kier alpha value is -2.03. The van der Waals surface area contributed by atoms with Gasteiger partial charge in [-0.25, -0.2) is 0 Å². The highest BCUT2D eigenvalue weighted by molar-refractivity contribution is 5.37. The van der Waals surface area contributed by atoms with E-state index in [-0.39, 0.29) is 5.56 Å². The Morgan fingerprint density at radius 1 is 1.20 bits per heavy atom. The van der Waals surface area contributed by atoms with Crippen LogP contribution >= 0.6 is 0 Å². The highest BCUT2D eigenvalue weighted by atomic mass is 16.5. The van der Waals surface area contributed by atoms with Gasteiger partial charge in [-0.3, -0.25) is 4.79 Å². The molecule has 0 fully saturated rings. The van der Waals surface area contributed by atoms with Crippen molar-refractivity contribution in [1.82, 2.24) is 4.57 Å². The Balaban J connectivity index is 2.02. The molecule has 0 atom stereocenters. The van der Waals surface area contributed by atoms with Gasteiger partial charge in [-0.05, 0) is 36.1 Å². The molecule has 106 valence electrons. The van der Waals surface area contributed by atoms with E-state index in [4.69, 9.17) is 4.74 Å². The Morgan fingerprint density at radius 3 is 2.70 bits per heavy atom. The van der Waals surface area contributed by atoms with Gasteiger partial charge >= 0.3 is 0 Å². The fourth-order valence-corrected chi connectivity index (χ4v) is 2.03. The van der Waals surface area contributed by atoms with Crippen LogP contribution in [0.4, 0.5) is 0 Å². The zero-order valence-electron chi connectivity index (χ0n) is 12.3. The lowest BCUT2D eigenvalue weighted by atomic mass is 10.0. The predicted octanol–water partition coefficient (Wildman–Crippen LogP) is 3.36. The van der Waals surface area contributed by atoms with Gasteiger partial charge in [0, 0.05) is 12.3 Å². The van der Waals surface area contributed by atoms with Crippen LogP contribution in [0, 0.1) is 6.92 Å². The first-order valence-corrected chi connectivity index (χ1v) is 6.97. The molecular formula is C17H21NO2. The largest absolute Gasteiger partial charge is 0.491 e. The molecule has 0 bridgehead atoms. The van der Waals surface area contributed by atoms with E-state index in [9.17, 15) is 4.79 Å². The number of aromatic nitrogens is 1. The zero-order chi connectivity index (χ0) is 14.5. The Kier molecular flexibility index (Phi) is 4.61. The molecule has 1 aromatic heterocycles. The fourth-order valence-electron chi connectivity index (χ4n) is 2.03. The minimum absolute atomic E-state index is 0.00348. The highest BCUT2D eigenvalue weighted by Crippen LogP contribution is 2.24. The van der Waals surface area contributed by atoms with Gasteiger partial charge < -0.3 is 9.30 Å². The molecule has 0 aliphatic rings. The summed E-state index contributed by atoms with van der Waals surface area (Å²) in [5, 5.41) is 0. The van der Waals surface area contributed by atoms with E-state index in [1.807, 2.05) is 13.0 Å². The summed E-state index contributed by atoms with van der Waals surface area (Å²) in [6.07, 6.45) is 1.78. The molecule has 1 aromatic carbocycles. The summed E-state index contributed by atoms with van der Waals surface area (Å²) in [4.78, 5) is 11.6. The number of pyridine rings is 1. The van der Waals surface area contributed by atoms with Gasteiger partial charge in [-0.15, -0.1) is 0 Å². The smallest absolute Gasteiger partial charge is 0.250 e. The summed E-state index contributed by atoms with van der Waals surface area (Å²) >= 11 is 0. The molecule has 3 nitrogen and oxygen atoms in total. The average Bonchev–Trinajstić information content (AvgIpc) is 2.42. The van der Waals surface area contributed by atoms with Crippen LogP contribution in [0.3, 0.4) is 0 Å². The van der Waals surface area contributed by atoms with Crippen molar-refractivity contribution >= 4 is 0 Å². The van der Waals surface area contributed by atoms with E-state index >= 15 is 0 Å². The summed E-state index contributed by atoms with van der Waals surface area (Å²) in [6, 6.07) is 11.5. The third-order valence-corrected chi connectivity index (χ3v) is 3.37. The second-order valence-corrected chi connectivity index (χ2v) is 5.26. The molecule has 20 heavy (non-hydrogen) atoms. The van der Waals surface area contributed by atoms with Crippen molar-refractivity contribution in [1.29, 1.82) is 0 Å².